The van der Waals surface area contributed by atoms with Crippen LogP contribution in [0.2, 0.25) is 0 Å². The number of aliphatic hydroxyl groups excluding tert-OH is 1. The number of carbonyl (C=O) groups is 2. The molecule has 1 spiro atoms. The summed E-state index contributed by atoms with van der Waals surface area (Å²) < 4.78 is 24.8. The van der Waals surface area contributed by atoms with Gasteiger partial charge in [-0.2, -0.15) is 0 Å². The molecular weight excluding hydrogens is 598 g/mol. The van der Waals surface area contributed by atoms with Gasteiger partial charge in [-0.3, -0.25) is 14.6 Å². The maximum absolute atomic E-state index is 13.6. The molecule has 47 heavy (non-hydrogen) atoms. The van der Waals surface area contributed by atoms with Gasteiger partial charge >= 0.3 is 17.6 Å². The standard InChI is InChI=1S/C38H43NO8/c1-23(40)44-22-36(3)28-20-29(46-30(41)13-12-24-9-6-5-7-10-24)37(4)33(35(28,2)14-15-38(36)16-17-38)32(42)31-27(47-37)19-26(45-34(31)43)25-11-8-18-39-21-25/h5-11,18-19,21,28-29,32-33,42H,12-17,20,22H2,1-4H3/t28?,29?,32-,33?,35-,36-,37?/m0/s1. The van der Waals surface area contributed by atoms with E-state index in [0.717, 1.165) is 31.2 Å². The monoisotopic (exact) mass is 641 g/mol. The van der Waals surface area contributed by atoms with E-state index in [1.165, 1.54) is 6.92 Å². The highest BCUT2D eigenvalue weighted by atomic mass is 16.6. The molecule has 3 fully saturated rings. The SMILES string of the molecule is CC(=O)OC[C@@]1(C)C2CC(OC(=O)CCc3ccccc3)C3(C)Oc4cc(-c5cccnc5)oc(=O)c4[C@H](O)C3[C@@]2(C)CCC12CC2. The van der Waals surface area contributed by atoms with Crippen molar-refractivity contribution in [3.05, 3.63) is 82.5 Å². The molecule has 4 unspecified atom stereocenters. The summed E-state index contributed by atoms with van der Waals surface area (Å²) in [7, 11) is 0. The van der Waals surface area contributed by atoms with Crippen LogP contribution >= 0.6 is 0 Å². The molecule has 1 aromatic carbocycles. The summed E-state index contributed by atoms with van der Waals surface area (Å²) >= 11 is 0. The van der Waals surface area contributed by atoms with Gasteiger partial charge in [-0.15, -0.1) is 0 Å². The molecule has 9 heteroatoms. The minimum Gasteiger partial charge on any atom is -0.482 e. The third kappa shape index (κ3) is 5.09. The van der Waals surface area contributed by atoms with Crippen LogP contribution in [0.3, 0.4) is 0 Å². The van der Waals surface area contributed by atoms with E-state index in [-0.39, 0.29) is 53.4 Å². The predicted octanol–water partition coefficient (Wildman–Crippen LogP) is 6.22. The third-order valence-electron chi connectivity index (χ3n) is 12.3. The Morgan fingerprint density at radius 1 is 1.04 bits per heavy atom. The lowest BCUT2D eigenvalue weighted by Crippen LogP contribution is -2.71. The van der Waals surface area contributed by atoms with Crippen molar-refractivity contribution in [2.45, 2.75) is 90.4 Å². The van der Waals surface area contributed by atoms with Crippen LogP contribution in [0.4, 0.5) is 0 Å². The van der Waals surface area contributed by atoms with Gasteiger partial charge in [0.05, 0.1) is 12.7 Å². The van der Waals surface area contributed by atoms with Crippen LogP contribution in [-0.2, 0) is 25.5 Å². The van der Waals surface area contributed by atoms with Gasteiger partial charge in [0.15, 0.2) is 0 Å². The Kier molecular flexibility index (Phi) is 7.62. The number of fused-ring (bicyclic) bond motifs is 4. The van der Waals surface area contributed by atoms with Crippen molar-refractivity contribution in [3.63, 3.8) is 0 Å². The Hall–Kier alpha value is -3.98. The lowest BCUT2D eigenvalue weighted by molar-refractivity contribution is -0.266. The Labute approximate surface area is 274 Å². The minimum atomic E-state index is -1.24. The fraction of sp³-hybridized carbons (Fsp3) is 0.526. The quantitative estimate of drug-likeness (QED) is 0.300. The van der Waals surface area contributed by atoms with Crippen molar-refractivity contribution in [2.24, 2.45) is 28.1 Å². The Morgan fingerprint density at radius 2 is 1.79 bits per heavy atom. The van der Waals surface area contributed by atoms with Crippen LogP contribution < -0.4 is 10.4 Å². The number of carbonyl (C=O) groups excluding carboxylic acids is 2. The lowest BCUT2D eigenvalue weighted by atomic mass is 9.40. The molecule has 248 valence electrons. The molecule has 3 heterocycles. The second-order valence-electron chi connectivity index (χ2n) is 14.9. The van der Waals surface area contributed by atoms with Crippen molar-refractivity contribution in [1.29, 1.82) is 0 Å². The van der Waals surface area contributed by atoms with Gasteiger partial charge in [0.1, 0.15) is 28.8 Å². The molecule has 0 saturated heterocycles. The van der Waals surface area contributed by atoms with Crippen LogP contribution in [0.1, 0.15) is 83.5 Å². The molecule has 2 aromatic heterocycles. The van der Waals surface area contributed by atoms with Crippen LogP contribution in [0.15, 0.2) is 70.1 Å². The Balaban J connectivity index is 1.31. The van der Waals surface area contributed by atoms with Gasteiger partial charge in [0.25, 0.3) is 0 Å². The number of hydrogen-bond acceptors (Lipinski definition) is 9. The molecular formula is C38H43NO8. The number of ether oxygens (including phenoxy) is 3. The van der Waals surface area contributed by atoms with Gasteiger partial charge in [-0.05, 0) is 79.9 Å². The highest BCUT2D eigenvalue weighted by molar-refractivity contribution is 5.70. The van der Waals surface area contributed by atoms with Gasteiger partial charge in [-0.25, -0.2) is 4.79 Å². The maximum atomic E-state index is 13.6. The van der Waals surface area contributed by atoms with E-state index >= 15 is 0 Å². The molecule has 1 N–H and O–H groups in total. The zero-order valence-electron chi connectivity index (χ0n) is 27.5. The van der Waals surface area contributed by atoms with Gasteiger partial charge in [0.2, 0.25) is 0 Å². The van der Waals surface area contributed by atoms with E-state index in [1.807, 2.05) is 37.3 Å². The van der Waals surface area contributed by atoms with Gasteiger partial charge < -0.3 is 23.7 Å². The number of hydrogen-bond donors (Lipinski definition) is 1. The van der Waals surface area contributed by atoms with Crippen molar-refractivity contribution in [3.8, 4) is 17.1 Å². The van der Waals surface area contributed by atoms with E-state index in [1.54, 1.807) is 30.6 Å². The van der Waals surface area contributed by atoms with Crippen molar-refractivity contribution < 1.29 is 33.3 Å². The number of benzene rings is 1. The highest BCUT2D eigenvalue weighted by Crippen LogP contribution is 2.76. The van der Waals surface area contributed by atoms with E-state index in [0.29, 0.717) is 18.4 Å². The van der Waals surface area contributed by atoms with Crippen molar-refractivity contribution >= 4 is 11.9 Å². The summed E-state index contributed by atoms with van der Waals surface area (Å²) in [6.07, 6.45) is 6.19. The van der Waals surface area contributed by atoms with E-state index in [4.69, 9.17) is 18.6 Å². The summed E-state index contributed by atoms with van der Waals surface area (Å²) in [5.41, 5.74) is -1.11. The molecule has 0 radical (unpaired) electrons. The van der Waals surface area contributed by atoms with Crippen LogP contribution in [0, 0.1) is 28.1 Å². The predicted molar refractivity (Wildman–Crippen MR) is 172 cm³/mol. The van der Waals surface area contributed by atoms with Crippen molar-refractivity contribution in [2.75, 3.05) is 6.61 Å². The Morgan fingerprint density at radius 3 is 2.47 bits per heavy atom. The van der Waals surface area contributed by atoms with Gasteiger partial charge in [0, 0.05) is 48.7 Å². The molecule has 0 bridgehead atoms. The van der Waals surface area contributed by atoms with E-state index < -0.39 is 40.2 Å². The number of rotatable bonds is 7. The molecule has 7 atom stereocenters. The van der Waals surface area contributed by atoms with Crippen LogP contribution in [-0.4, -0.2) is 40.3 Å². The molecule has 0 amide bonds. The zero-order valence-corrected chi connectivity index (χ0v) is 27.5. The largest absolute Gasteiger partial charge is 0.482 e. The smallest absolute Gasteiger partial charge is 0.345 e. The molecule has 7 rings (SSSR count). The first-order valence-electron chi connectivity index (χ1n) is 16.7. The lowest BCUT2D eigenvalue weighted by Gasteiger charge is -2.67. The first-order chi connectivity index (χ1) is 22.4. The van der Waals surface area contributed by atoms with E-state index in [9.17, 15) is 19.5 Å². The second kappa shape index (κ2) is 11.3. The first-order valence-corrected chi connectivity index (χ1v) is 16.7. The fourth-order valence-corrected chi connectivity index (χ4v) is 9.71. The average Bonchev–Trinajstić information content (AvgIpc) is 3.84. The summed E-state index contributed by atoms with van der Waals surface area (Å²) in [5.74, 6) is -0.917. The maximum Gasteiger partial charge on any atom is 0.345 e. The number of esters is 2. The van der Waals surface area contributed by atoms with Crippen LogP contribution in [0.25, 0.3) is 11.3 Å². The molecule has 3 saturated carbocycles. The van der Waals surface area contributed by atoms with Crippen LogP contribution in [0.5, 0.6) is 5.75 Å². The second-order valence-corrected chi connectivity index (χ2v) is 14.9. The molecule has 9 nitrogen and oxygen atoms in total. The number of pyridine rings is 1. The summed E-state index contributed by atoms with van der Waals surface area (Å²) in [6.45, 7) is 7.93. The summed E-state index contributed by atoms with van der Waals surface area (Å²) in [6, 6.07) is 15.0. The number of aliphatic hydroxyl groups is 1. The molecule has 1 aliphatic heterocycles. The highest BCUT2D eigenvalue weighted by Gasteiger charge is 2.74. The Bertz CT molecular complexity index is 1740. The third-order valence-corrected chi connectivity index (χ3v) is 12.3. The topological polar surface area (TPSA) is 125 Å². The molecule has 3 aliphatic carbocycles. The molecule has 4 aliphatic rings. The fourth-order valence-electron chi connectivity index (χ4n) is 9.71. The van der Waals surface area contributed by atoms with E-state index in [2.05, 4.69) is 18.8 Å². The first kappa shape index (κ1) is 31.6. The summed E-state index contributed by atoms with van der Waals surface area (Å²) in [5, 5.41) is 12.3. The average molecular weight is 642 g/mol. The van der Waals surface area contributed by atoms with Crippen molar-refractivity contribution in [1.82, 2.24) is 4.98 Å². The summed E-state index contributed by atoms with van der Waals surface area (Å²) in [4.78, 5) is 43.5. The number of nitrogens with zero attached hydrogens (tertiary/aromatic N) is 1. The zero-order chi connectivity index (χ0) is 33.2. The van der Waals surface area contributed by atoms with Gasteiger partial charge in [-0.1, -0.05) is 44.2 Å². The number of aryl methyl sites for hydroxylation is 1. The normalized spacial score (nSPS) is 33.0. The minimum absolute atomic E-state index is 0.00172. The number of aromatic nitrogens is 1. The molecule has 3 aromatic rings.